The van der Waals surface area contributed by atoms with Crippen molar-refractivity contribution in [1.29, 1.82) is 0 Å². The number of hydrogen-bond acceptors (Lipinski definition) is 4. The van der Waals surface area contributed by atoms with E-state index in [0.717, 1.165) is 16.3 Å². The number of amides is 1. The Hall–Kier alpha value is -3.41. The maximum atomic E-state index is 12.6. The number of nitrogens with one attached hydrogen (secondary N) is 1. The van der Waals surface area contributed by atoms with Crippen molar-refractivity contribution in [2.24, 2.45) is 0 Å². The van der Waals surface area contributed by atoms with Gasteiger partial charge in [-0.3, -0.25) is 14.9 Å². The van der Waals surface area contributed by atoms with Gasteiger partial charge in [0.25, 0.3) is 11.6 Å². The number of ether oxygens (including phenoxy) is 1. The number of rotatable bonds is 6. The first-order valence-corrected chi connectivity index (χ1v) is 8.69. The lowest BCUT2D eigenvalue weighted by Crippen LogP contribution is -2.32. The molecule has 1 N–H and O–H groups in total. The smallest absolute Gasteiger partial charge is 0.271 e. The molecule has 3 aromatic rings. The van der Waals surface area contributed by atoms with E-state index in [-0.39, 0.29) is 11.6 Å². The normalized spacial score (nSPS) is 11.8. The fourth-order valence-corrected chi connectivity index (χ4v) is 2.80. The maximum Gasteiger partial charge on any atom is 0.271 e. The summed E-state index contributed by atoms with van der Waals surface area (Å²) in [5.41, 5.74) is 1.09. The van der Waals surface area contributed by atoms with Crippen LogP contribution in [0.15, 0.2) is 60.7 Å². The minimum atomic E-state index is -0.704. The molecular weight excluding hydrogens is 344 g/mol. The van der Waals surface area contributed by atoms with E-state index in [9.17, 15) is 14.9 Å². The largest absolute Gasteiger partial charge is 0.481 e. The molecular formula is C21H20N2O4. The van der Waals surface area contributed by atoms with Gasteiger partial charge in [0.05, 0.1) is 10.6 Å². The molecule has 0 bridgehead atoms. The number of non-ortho nitro benzene ring substituents is 1. The van der Waals surface area contributed by atoms with Crippen LogP contribution in [0, 0.1) is 17.0 Å². The summed E-state index contributed by atoms with van der Waals surface area (Å²) in [5.74, 6) is 0.265. The fraction of sp³-hybridized carbons (Fsp3) is 0.190. The molecule has 1 atom stereocenters. The van der Waals surface area contributed by atoms with E-state index in [2.05, 4.69) is 5.32 Å². The highest BCUT2D eigenvalue weighted by atomic mass is 16.6. The van der Waals surface area contributed by atoms with Crippen LogP contribution in [0.2, 0.25) is 0 Å². The Kier molecular flexibility index (Phi) is 5.35. The Morgan fingerprint density at radius 3 is 2.56 bits per heavy atom. The fourth-order valence-electron chi connectivity index (χ4n) is 2.80. The number of carbonyl (C=O) groups is 1. The van der Waals surface area contributed by atoms with Crippen LogP contribution >= 0.6 is 0 Å². The summed E-state index contributed by atoms with van der Waals surface area (Å²) in [5, 5.41) is 15.8. The minimum absolute atomic E-state index is 0.0700. The Morgan fingerprint density at radius 1 is 1.11 bits per heavy atom. The first kappa shape index (κ1) is 18.4. The van der Waals surface area contributed by atoms with Crippen molar-refractivity contribution in [1.82, 2.24) is 0 Å². The maximum absolute atomic E-state index is 12.6. The van der Waals surface area contributed by atoms with E-state index in [1.54, 1.807) is 13.0 Å². The predicted molar refractivity (Wildman–Crippen MR) is 105 cm³/mol. The quantitative estimate of drug-likeness (QED) is 0.500. The number of carbonyl (C=O) groups excluding carboxylic acids is 1. The first-order chi connectivity index (χ1) is 13.0. The number of nitrogens with zero attached hydrogens (tertiary/aromatic N) is 1. The molecule has 1 amide bonds. The average Bonchev–Trinajstić information content (AvgIpc) is 2.67. The van der Waals surface area contributed by atoms with Crippen molar-refractivity contribution in [2.75, 3.05) is 5.32 Å². The molecule has 0 unspecified atom stereocenters. The molecule has 6 heteroatoms. The first-order valence-electron chi connectivity index (χ1n) is 8.69. The van der Waals surface area contributed by atoms with Gasteiger partial charge in [0.2, 0.25) is 0 Å². The van der Waals surface area contributed by atoms with Crippen molar-refractivity contribution in [2.45, 2.75) is 26.4 Å². The summed E-state index contributed by atoms with van der Waals surface area (Å²) in [6, 6.07) is 17.9. The monoisotopic (exact) mass is 364 g/mol. The molecule has 27 heavy (non-hydrogen) atoms. The van der Waals surface area contributed by atoms with Gasteiger partial charge in [-0.05, 0) is 41.8 Å². The molecule has 0 spiro atoms. The molecule has 0 fully saturated rings. The van der Waals surface area contributed by atoms with E-state index in [0.29, 0.717) is 17.9 Å². The zero-order chi connectivity index (χ0) is 19.4. The lowest BCUT2D eigenvalue weighted by Gasteiger charge is -2.18. The topological polar surface area (TPSA) is 81.5 Å². The Morgan fingerprint density at radius 2 is 1.85 bits per heavy atom. The molecule has 0 saturated carbocycles. The molecule has 0 saturated heterocycles. The molecule has 3 rings (SSSR count). The molecule has 0 aromatic heterocycles. The molecule has 0 aliphatic carbocycles. The van der Waals surface area contributed by atoms with Gasteiger partial charge in [-0.15, -0.1) is 0 Å². The highest BCUT2D eigenvalue weighted by Gasteiger charge is 2.20. The number of nitro groups is 1. The standard InChI is InChI=1S/C21H20N2O4/c1-3-20(27-18-11-9-15-6-4-5-7-16(15)12-18)21(24)22-19-13-17(23(25)26)10-8-14(19)2/h4-13,20H,3H2,1-2H3,(H,22,24)/t20-/m1/s1. The second-order valence-corrected chi connectivity index (χ2v) is 6.27. The van der Waals surface area contributed by atoms with Crippen LogP contribution in [-0.2, 0) is 4.79 Å². The third-order valence-corrected chi connectivity index (χ3v) is 4.35. The van der Waals surface area contributed by atoms with E-state index >= 15 is 0 Å². The van der Waals surface area contributed by atoms with Crippen molar-refractivity contribution in [3.63, 3.8) is 0 Å². The van der Waals surface area contributed by atoms with Gasteiger partial charge in [-0.1, -0.05) is 43.3 Å². The lowest BCUT2D eigenvalue weighted by atomic mass is 10.1. The van der Waals surface area contributed by atoms with E-state index in [1.165, 1.54) is 12.1 Å². The third kappa shape index (κ3) is 4.23. The summed E-state index contributed by atoms with van der Waals surface area (Å²) in [4.78, 5) is 23.1. The number of fused-ring (bicyclic) bond motifs is 1. The number of hydrogen-bond donors (Lipinski definition) is 1. The summed E-state index contributed by atoms with van der Waals surface area (Å²) in [6.07, 6.45) is -0.239. The van der Waals surface area contributed by atoms with Gasteiger partial charge in [0.1, 0.15) is 5.75 Å². The summed E-state index contributed by atoms with van der Waals surface area (Å²) in [7, 11) is 0. The van der Waals surface area contributed by atoms with Crippen molar-refractivity contribution in [3.05, 3.63) is 76.3 Å². The average molecular weight is 364 g/mol. The highest BCUT2D eigenvalue weighted by Crippen LogP contribution is 2.24. The SMILES string of the molecule is CC[C@@H](Oc1ccc2ccccc2c1)C(=O)Nc1cc([N+](=O)[O-])ccc1C. The second kappa shape index (κ2) is 7.86. The van der Waals surface area contributed by atoms with Crippen LogP contribution in [0.4, 0.5) is 11.4 Å². The summed E-state index contributed by atoms with van der Waals surface area (Å²) >= 11 is 0. The Bertz CT molecular complexity index is 1000. The molecule has 138 valence electrons. The number of anilines is 1. The van der Waals surface area contributed by atoms with Crippen molar-refractivity contribution in [3.8, 4) is 5.75 Å². The third-order valence-electron chi connectivity index (χ3n) is 4.35. The zero-order valence-electron chi connectivity index (χ0n) is 15.1. The van der Waals surface area contributed by atoms with Gasteiger partial charge in [0, 0.05) is 12.1 Å². The van der Waals surface area contributed by atoms with Gasteiger partial charge < -0.3 is 10.1 Å². The molecule has 6 nitrogen and oxygen atoms in total. The lowest BCUT2D eigenvalue weighted by molar-refractivity contribution is -0.384. The number of nitro benzene ring substituents is 1. The van der Waals surface area contributed by atoms with Gasteiger partial charge >= 0.3 is 0 Å². The van der Waals surface area contributed by atoms with Crippen LogP contribution in [0.1, 0.15) is 18.9 Å². The predicted octanol–water partition coefficient (Wildman–Crippen LogP) is 4.85. The van der Waals surface area contributed by atoms with E-state index in [4.69, 9.17) is 4.74 Å². The summed E-state index contributed by atoms with van der Waals surface area (Å²) in [6.45, 7) is 3.63. The van der Waals surface area contributed by atoms with E-state index < -0.39 is 11.0 Å². The molecule has 0 radical (unpaired) electrons. The molecule has 0 heterocycles. The van der Waals surface area contributed by atoms with E-state index in [1.807, 2.05) is 49.4 Å². The minimum Gasteiger partial charge on any atom is -0.481 e. The Balaban J connectivity index is 1.77. The zero-order valence-corrected chi connectivity index (χ0v) is 15.1. The van der Waals surface area contributed by atoms with Crippen molar-refractivity contribution < 1.29 is 14.5 Å². The van der Waals surface area contributed by atoms with Crippen LogP contribution in [0.3, 0.4) is 0 Å². The van der Waals surface area contributed by atoms with Gasteiger partial charge in [-0.25, -0.2) is 0 Å². The van der Waals surface area contributed by atoms with Crippen LogP contribution in [0.25, 0.3) is 10.8 Å². The summed E-state index contributed by atoms with van der Waals surface area (Å²) < 4.78 is 5.88. The molecule has 0 aliphatic rings. The van der Waals surface area contributed by atoms with Gasteiger partial charge in [-0.2, -0.15) is 0 Å². The van der Waals surface area contributed by atoms with Crippen molar-refractivity contribution >= 4 is 28.1 Å². The van der Waals surface area contributed by atoms with Gasteiger partial charge in [0.15, 0.2) is 6.10 Å². The number of aryl methyl sites for hydroxylation is 1. The molecule has 3 aromatic carbocycles. The second-order valence-electron chi connectivity index (χ2n) is 6.27. The Labute approximate surface area is 156 Å². The van der Waals surface area contributed by atoms with Crippen LogP contribution in [-0.4, -0.2) is 16.9 Å². The molecule has 0 aliphatic heterocycles. The van der Waals surface area contributed by atoms with Crippen LogP contribution in [0.5, 0.6) is 5.75 Å². The number of benzene rings is 3. The highest BCUT2D eigenvalue weighted by molar-refractivity contribution is 5.95. The van der Waals surface area contributed by atoms with Crippen LogP contribution < -0.4 is 10.1 Å².